The van der Waals surface area contributed by atoms with Gasteiger partial charge < -0.3 is 0 Å². The molecule has 0 N–H and O–H groups in total. The Bertz CT molecular complexity index is 807. The molecule has 0 atom stereocenters. The molecule has 0 amide bonds. The molecule has 144 valence electrons. The summed E-state index contributed by atoms with van der Waals surface area (Å²) in [4.78, 5) is 0. The third-order valence-electron chi connectivity index (χ3n) is 6.02. The molecule has 3 rings (SSSR count). The molecule has 0 radical (unpaired) electrons. The van der Waals surface area contributed by atoms with E-state index in [9.17, 15) is 0 Å². The lowest BCUT2D eigenvalue weighted by Gasteiger charge is -2.18. The summed E-state index contributed by atoms with van der Waals surface area (Å²) in [6, 6.07) is 12.1. The van der Waals surface area contributed by atoms with E-state index in [1.807, 2.05) is 0 Å². The minimum absolute atomic E-state index is 0.556. The van der Waals surface area contributed by atoms with Crippen molar-refractivity contribution in [2.45, 2.75) is 85.5 Å². The quantitative estimate of drug-likeness (QED) is 0.466. The summed E-state index contributed by atoms with van der Waals surface area (Å²) in [7, 11) is 0. The van der Waals surface area contributed by atoms with E-state index in [0.29, 0.717) is 11.8 Å². The number of unbranched alkanes of at least 4 members (excludes halogenated alkanes) is 1. The van der Waals surface area contributed by atoms with Crippen LogP contribution in [0.1, 0.15) is 100 Å². The molecule has 0 aromatic heterocycles. The highest BCUT2D eigenvalue weighted by Gasteiger charge is 2.20. The Morgan fingerprint density at radius 1 is 0.889 bits per heavy atom. The number of rotatable bonds is 7. The van der Waals surface area contributed by atoms with Crippen LogP contribution >= 0.6 is 0 Å². The third kappa shape index (κ3) is 4.21. The van der Waals surface area contributed by atoms with E-state index in [1.54, 1.807) is 5.57 Å². The van der Waals surface area contributed by atoms with Crippen molar-refractivity contribution in [3.8, 4) is 11.1 Å². The molecule has 27 heavy (non-hydrogen) atoms. The number of hydrogen-bond acceptors (Lipinski definition) is 0. The lowest BCUT2D eigenvalue weighted by atomic mass is 9.86. The zero-order valence-corrected chi connectivity index (χ0v) is 18.2. The smallest absolute Gasteiger partial charge is 0.00576 e. The summed E-state index contributed by atoms with van der Waals surface area (Å²) in [6.07, 6.45) is 8.56. The predicted molar refractivity (Wildman–Crippen MR) is 121 cm³/mol. The first-order valence-corrected chi connectivity index (χ1v) is 10.9. The van der Waals surface area contributed by atoms with Crippen molar-refractivity contribution in [3.05, 3.63) is 63.7 Å². The molecule has 0 spiro atoms. The van der Waals surface area contributed by atoms with Crippen LogP contribution in [0.25, 0.3) is 17.2 Å². The van der Waals surface area contributed by atoms with Gasteiger partial charge in [0.2, 0.25) is 0 Å². The molecule has 2 aromatic rings. The highest BCUT2D eigenvalue weighted by atomic mass is 14.2. The van der Waals surface area contributed by atoms with E-state index in [4.69, 9.17) is 0 Å². The van der Waals surface area contributed by atoms with E-state index in [1.165, 1.54) is 58.2 Å². The van der Waals surface area contributed by atoms with Gasteiger partial charge in [0.15, 0.2) is 0 Å². The molecular weight excluding hydrogens is 324 g/mol. The van der Waals surface area contributed by atoms with Crippen LogP contribution in [-0.4, -0.2) is 0 Å². The van der Waals surface area contributed by atoms with Gasteiger partial charge in [-0.05, 0) is 76.5 Å². The highest BCUT2D eigenvalue weighted by molar-refractivity contribution is 5.83. The first-order chi connectivity index (χ1) is 12.9. The summed E-state index contributed by atoms with van der Waals surface area (Å²) in [6.45, 7) is 13.8. The standard InChI is InChI=1S/C27H36/c1-7-9-10-20-13-22-12-11-21(8-2)27(26(22)14-20)25-16-23(18(3)4)15-24(17-25)19(5)6/h11-12,14-19H,7-10,13H2,1-6H3. The van der Waals surface area contributed by atoms with Crippen LogP contribution in [0.3, 0.4) is 0 Å². The zero-order chi connectivity index (χ0) is 19.6. The average molecular weight is 361 g/mol. The van der Waals surface area contributed by atoms with Crippen LogP contribution in [0, 0.1) is 0 Å². The van der Waals surface area contributed by atoms with E-state index in [2.05, 4.69) is 78.0 Å². The molecule has 0 fully saturated rings. The van der Waals surface area contributed by atoms with Crippen molar-refractivity contribution >= 4 is 6.08 Å². The fourth-order valence-electron chi connectivity index (χ4n) is 4.21. The summed E-state index contributed by atoms with van der Waals surface area (Å²) >= 11 is 0. The van der Waals surface area contributed by atoms with Gasteiger partial charge in [-0.15, -0.1) is 0 Å². The van der Waals surface area contributed by atoms with Gasteiger partial charge >= 0.3 is 0 Å². The monoisotopic (exact) mass is 360 g/mol. The maximum absolute atomic E-state index is 2.51. The molecular formula is C27H36. The average Bonchev–Trinajstić information content (AvgIpc) is 3.07. The molecule has 0 heterocycles. The van der Waals surface area contributed by atoms with Gasteiger partial charge in [0.25, 0.3) is 0 Å². The number of allylic oxidation sites excluding steroid dienone is 1. The number of hydrogen-bond donors (Lipinski definition) is 0. The number of fused-ring (bicyclic) bond motifs is 1. The largest absolute Gasteiger partial charge is 0.0654 e. The van der Waals surface area contributed by atoms with Gasteiger partial charge in [0, 0.05) is 0 Å². The van der Waals surface area contributed by atoms with Gasteiger partial charge in [0.05, 0.1) is 0 Å². The fraction of sp³-hybridized carbons (Fsp3) is 0.481. The van der Waals surface area contributed by atoms with E-state index in [0.717, 1.165) is 12.8 Å². The fourth-order valence-corrected chi connectivity index (χ4v) is 4.21. The molecule has 0 unspecified atom stereocenters. The third-order valence-corrected chi connectivity index (χ3v) is 6.02. The van der Waals surface area contributed by atoms with Gasteiger partial charge in [-0.1, -0.05) is 89.9 Å². The van der Waals surface area contributed by atoms with Gasteiger partial charge in [0.1, 0.15) is 0 Å². The predicted octanol–water partition coefficient (Wildman–Crippen LogP) is 8.29. The van der Waals surface area contributed by atoms with E-state index in [-0.39, 0.29) is 0 Å². The van der Waals surface area contributed by atoms with Crippen LogP contribution in [0.15, 0.2) is 35.9 Å². The van der Waals surface area contributed by atoms with Crippen molar-refractivity contribution in [1.82, 2.24) is 0 Å². The van der Waals surface area contributed by atoms with E-state index >= 15 is 0 Å². The van der Waals surface area contributed by atoms with Gasteiger partial charge in [-0.25, -0.2) is 0 Å². The van der Waals surface area contributed by atoms with E-state index < -0.39 is 0 Å². The van der Waals surface area contributed by atoms with Crippen molar-refractivity contribution in [3.63, 3.8) is 0 Å². The molecule has 0 aliphatic heterocycles. The summed E-state index contributed by atoms with van der Waals surface area (Å²) in [5.41, 5.74) is 12.0. The second kappa shape index (κ2) is 8.46. The molecule has 0 bridgehead atoms. The van der Waals surface area contributed by atoms with Crippen LogP contribution < -0.4 is 0 Å². The molecule has 1 aliphatic rings. The molecule has 0 nitrogen and oxygen atoms in total. The van der Waals surface area contributed by atoms with Crippen molar-refractivity contribution < 1.29 is 0 Å². The van der Waals surface area contributed by atoms with Crippen LogP contribution in [0.5, 0.6) is 0 Å². The Hall–Kier alpha value is -1.82. The number of benzene rings is 2. The molecule has 0 saturated carbocycles. The lowest BCUT2D eigenvalue weighted by Crippen LogP contribution is -1.99. The Morgan fingerprint density at radius 3 is 2.11 bits per heavy atom. The molecule has 0 saturated heterocycles. The van der Waals surface area contributed by atoms with Crippen molar-refractivity contribution in [2.24, 2.45) is 0 Å². The Kier molecular flexibility index (Phi) is 6.25. The first-order valence-electron chi connectivity index (χ1n) is 10.9. The van der Waals surface area contributed by atoms with Crippen molar-refractivity contribution in [1.29, 1.82) is 0 Å². The van der Waals surface area contributed by atoms with Crippen molar-refractivity contribution in [2.75, 3.05) is 0 Å². The van der Waals surface area contributed by atoms with Crippen LogP contribution in [0.4, 0.5) is 0 Å². The SMILES string of the molecule is CCCCC1=Cc2c(ccc(CC)c2-c2cc(C(C)C)cc(C(C)C)c2)C1. The first kappa shape index (κ1) is 19.9. The molecule has 2 aromatic carbocycles. The topological polar surface area (TPSA) is 0 Å². The summed E-state index contributed by atoms with van der Waals surface area (Å²) < 4.78 is 0. The summed E-state index contributed by atoms with van der Waals surface area (Å²) in [5.74, 6) is 1.11. The highest BCUT2D eigenvalue weighted by Crippen LogP contribution is 2.40. The normalized spacial score (nSPS) is 13.4. The second-order valence-electron chi connectivity index (χ2n) is 8.81. The summed E-state index contributed by atoms with van der Waals surface area (Å²) in [5, 5.41) is 0. The maximum atomic E-state index is 2.51. The number of aryl methyl sites for hydroxylation is 1. The van der Waals surface area contributed by atoms with Gasteiger partial charge in [-0.2, -0.15) is 0 Å². The minimum Gasteiger partial charge on any atom is -0.0654 e. The second-order valence-corrected chi connectivity index (χ2v) is 8.81. The maximum Gasteiger partial charge on any atom is -0.00576 e. The van der Waals surface area contributed by atoms with Crippen LogP contribution in [0.2, 0.25) is 0 Å². The Labute approximate surface area is 166 Å². The zero-order valence-electron chi connectivity index (χ0n) is 18.2. The Morgan fingerprint density at radius 2 is 1.56 bits per heavy atom. The minimum atomic E-state index is 0.556. The Balaban J connectivity index is 2.17. The lowest BCUT2D eigenvalue weighted by molar-refractivity contribution is 0.779. The van der Waals surface area contributed by atoms with Gasteiger partial charge in [-0.3, -0.25) is 0 Å². The molecule has 1 aliphatic carbocycles. The van der Waals surface area contributed by atoms with Crippen LogP contribution in [-0.2, 0) is 12.8 Å². The molecule has 0 heteroatoms.